The van der Waals surface area contributed by atoms with Gasteiger partial charge >= 0.3 is 0 Å². The highest BCUT2D eigenvalue weighted by molar-refractivity contribution is 6.35. The second-order valence-corrected chi connectivity index (χ2v) is 20.7. The number of carbonyl (C=O) groups excluding carboxylic acids is 1. The van der Waals surface area contributed by atoms with Gasteiger partial charge in [0.05, 0.1) is 55.8 Å². The van der Waals surface area contributed by atoms with Crippen molar-refractivity contribution in [3.05, 3.63) is 100 Å². The Hall–Kier alpha value is -5.82. The van der Waals surface area contributed by atoms with Gasteiger partial charge in [-0.05, 0) is 108 Å². The van der Waals surface area contributed by atoms with Crippen LogP contribution in [-0.2, 0) is 16.2 Å². The molecule has 0 N–H and O–H groups in total. The van der Waals surface area contributed by atoms with Gasteiger partial charge in [0.2, 0.25) is 0 Å². The summed E-state index contributed by atoms with van der Waals surface area (Å²) in [5, 5.41) is 5.99. The monoisotopic (exact) mass is 809 g/mol. The molecule has 4 aliphatic rings. The number of hydrogen-bond acceptors (Lipinski definition) is 3. The van der Waals surface area contributed by atoms with Gasteiger partial charge in [0.15, 0.2) is 17.4 Å². The van der Waals surface area contributed by atoms with E-state index in [4.69, 9.17) is 9.40 Å². The Labute approximate surface area is 355 Å². The van der Waals surface area contributed by atoms with Gasteiger partial charge in [-0.15, -0.1) is 0 Å². The molecule has 11 aromatic rings. The van der Waals surface area contributed by atoms with Crippen molar-refractivity contribution in [3.8, 4) is 0 Å². The molecule has 0 radical (unpaired) electrons. The van der Waals surface area contributed by atoms with E-state index in [0.717, 1.165) is 58.4 Å². The summed E-state index contributed by atoms with van der Waals surface area (Å²) in [5.74, 6) is -0.847. The Bertz CT molecular complexity index is 4060. The molecule has 7 heteroatoms. The van der Waals surface area contributed by atoms with Gasteiger partial charge in [-0.2, -0.15) is 0 Å². The van der Waals surface area contributed by atoms with Gasteiger partial charge in [0.25, 0.3) is 0 Å². The maximum Gasteiger partial charge on any atom is 0.166 e. The molecule has 0 spiro atoms. The Kier molecular flexibility index (Phi) is 5.41. The molecule has 0 saturated heterocycles. The van der Waals surface area contributed by atoms with Gasteiger partial charge in [-0.25, -0.2) is 8.78 Å². The van der Waals surface area contributed by atoms with Crippen LogP contribution in [0.5, 0.6) is 0 Å². The standard InChI is InChI=1S/C54H45F2N3O2/c1-52(2,3)26-18-33-38-36(23-57-51-42(38)53(4,5)16-17-54(51,6)7)59-45(33)34(19-26)39-43(55)48-40(44(56)47(39)59)41-46-30(21-32-27-10-8-9-11-37(27)61-50(32)41)29-20-28-24-12-14-25(15-13-24)49(60)31(28)22-35(29)58(46)48/h8-11,18-25H,12-17H2,1-7H3/i16D2,17D2. The molecule has 4 aliphatic carbocycles. The third-order valence-electron chi connectivity index (χ3n) is 15.3. The first-order valence-corrected chi connectivity index (χ1v) is 21.8. The molecule has 302 valence electrons. The van der Waals surface area contributed by atoms with Gasteiger partial charge < -0.3 is 13.2 Å². The van der Waals surface area contributed by atoms with Crippen molar-refractivity contribution in [1.29, 1.82) is 0 Å². The minimum atomic E-state index is -2.35. The molecular formula is C54H45F2N3O2. The van der Waals surface area contributed by atoms with E-state index in [1.54, 1.807) is 38.3 Å². The summed E-state index contributed by atoms with van der Waals surface area (Å²) in [5.41, 5.74) is 4.13. The largest absolute Gasteiger partial charge is 0.455 e. The predicted octanol–water partition coefficient (Wildman–Crippen LogP) is 14.7. The number of fused-ring (bicyclic) bond motifs is 20. The quantitative estimate of drug-likeness (QED) is 0.153. The van der Waals surface area contributed by atoms with E-state index in [1.165, 1.54) is 0 Å². The van der Waals surface area contributed by atoms with Gasteiger partial charge in [0.1, 0.15) is 11.2 Å². The average molecular weight is 810 g/mol. The second kappa shape index (κ2) is 10.6. The maximum absolute atomic E-state index is 19.0. The molecule has 0 amide bonds. The number of nitrogens with zero attached hydrogens (tertiary/aromatic N) is 3. The zero-order valence-corrected chi connectivity index (χ0v) is 35.2. The summed E-state index contributed by atoms with van der Waals surface area (Å²) in [6.07, 6.45) is 0.630. The fourth-order valence-electron chi connectivity index (χ4n) is 12.4. The Balaban J connectivity index is 1.24. The van der Waals surface area contributed by atoms with Crippen molar-refractivity contribution in [2.75, 3.05) is 0 Å². The fraction of sp³-hybridized carbons (Fsp3) is 0.333. The van der Waals surface area contributed by atoms with Crippen LogP contribution in [0.25, 0.3) is 98.1 Å². The van der Waals surface area contributed by atoms with Crippen molar-refractivity contribution >= 4 is 104 Å². The molecule has 0 unspecified atom stereocenters. The van der Waals surface area contributed by atoms with Crippen LogP contribution in [0, 0.1) is 17.6 Å². The van der Waals surface area contributed by atoms with Crippen molar-refractivity contribution in [2.24, 2.45) is 5.92 Å². The smallest absolute Gasteiger partial charge is 0.166 e. The van der Waals surface area contributed by atoms with Crippen molar-refractivity contribution in [3.63, 3.8) is 0 Å². The van der Waals surface area contributed by atoms with Crippen LogP contribution >= 0.6 is 0 Å². The van der Waals surface area contributed by atoms with Gasteiger partial charge in [-0.3, -0.25) is 9.78 Å². The molecule has 1 saturated carbocycles. The fourth-order valence-corrected chi connectivity index (χ4v) is 12.4. The van der Waals surface area contributed by atoms with E-state index in [2.05, 4.69) is 39.0 Å². The molecule has 0 aliphatic heterocycles. The number of pyridine rings is 1. The third kappa shape index (κ3) is 3.95. The van der Waals surface area contributed by atoms with E-state index in [9.17, 15) is 10.3 Å². The third-order valence-corrected chi connectivity index (χ3v) is 15.3. The molecule has 6 heterocycles. The number of hydrogen-bond donors (Lipinski definition) is 0. The molecule has 61 heavy (non-hydrogen) atoms. The molecule has 2 bridgehead atoms. The Morgan fingerprint density at radius 2 is 1.38 bits per heavy atom. The van der Waals surface area contributed by atoms with Crippen LogP contribution in [0.15, 0.2) is 65.2 Å². The molecular weight excluding hydrogens is 761 g/mol. The van der Waals surface area contributed by atoms with E-state index in [0.29, 0.717) is 71.6 Å². The highest BCUT2D eigenvalue weighted by atomic mass is 19.1. The SMILES string of the molecule is [2H]C1([2H])C(C)(C)c2ncc3c(c2C(C)(C)C1([2H])[2H])c1cc(C(C)(C)C)cc2c4c(F)c5c(c(F)c4n3c12)c1c2oc3ccccc3c2cc2c3cc4c(cc3n5c21)C(=O)C1CCC4CC1. The number of aromatic nitrogens is 3. The van der Waals surface area contributed by atoms with Crippen LogP contribution in [0.1, 0.15) is 131 Å². The average Bonchev–Trinajstić information content (AvgIpc) is 4.04. The summed E-state index contributed by atoms with van der Waals surface area (Å²) in [6.45, 7) is 13.1. The molecule has 15 rings (SSSR count). The summed E-state index contributed by atoms with van der Waals surface area (Å²) in [4.78, 5) is 19.2. The molecule has 0 atom stereocenters. The molecule has 5 aromatic carbocycles. The summed E-state index contributed by atoms with van der Waals surface area (Å²) in [7, 11) is 0. The lowest BCUT2D eigenvalue weighted by molar-refractivity contribution is 0.0898. The van der Waals surface area contributed by atoms with Crippen molar-refractivity contribution in [2.45, 2.75) is 109 Å². The Morgan fingerprint density at radius 3 is 2.15 bits per heavy atom. The topological polar surface area (TPSA) is 51.9 Å². The minimum Gasteiger partial charge on any atom is -0.455 e. The number of Topliss-reactive ketones (excluding diaryl/α,β-unsaturated/α-hetero) is 1. The zero-order valence-electron chi connectivity index (χ0n) is 39.2. The number of carbonyl (C=O) groups is 1. The lowest BCUT2D eigenvalue weighted by atomic mass is 9.64. The van der Waals surface area contributed by atoms with Crippen LogP contribution in [0.4, 0.5) is 8.78 Å². The molecule has 5 nitrogen and oxygen atoms in total. The normalized spacial score (nSPS) is 23.1. The first-order valence-electron chi connectivity index (χ1n) is 23.8. The van der Waals surface area contributed by atoms with Crippen LogP contribution in [-0.4, -0.2) is 19.6 Å². The van der Waals surface area contributed by atoms with Gasteiger partial charge in [-0.1, -0.05) is 66.7 Å². The summed E-state index contributed by atoms with van der Waals surface area (Å²) in [6, 6.07) is 18.0. The summed E-state index contributed by atoms with van der Waals surface area (Å²) < 4.78 is 85.5. The lowest BCUT2D eigenvalue weighted by Gasteiger charge is -2.41. The van der Waals surface area contributed by atoms with Gasteiger partial charge in [0, 0.05) is 65.5 Å². The zero-order chi connectivity index (χ0) is 45.1. The summed E-state index contributed by atoms with van der Waals surface area (Å²) >= 11 is 0. The highest BCUT2D eigenvalue weighted by Crippen LogP contribution is 2.55. The number of benzene rings is 5. The van der Waals surface area contributed by atoms with E-state index in [-0.39, 0.29) is 39.4 Å². The predicted molar refractivity (Wildman–Crippen MR) is 244 cm³/mol. The van der Waals surface area contributed by atoms with Crippen molar-refractivity contribution in [1.82, 2.24) is 13.8 Å². The highest BCUT2D eigenvalue weighted by Gasteiger charge is 2.42. The minimum absolute atomic E-state index is 0.0408. The van der Waals surface area contributed by atoms with E-state index >= 15 is 8.78 Å². The molecule has 1 fully saturated rings. The van der Waals surface area contributed by atoms with Crippen LogP contribution in [0.2, 0.25) is 0 Å². The van der Waals surface area contributed by atoms with E-state index in [1.807, 2.05) is 40.8 Å². The van der Waals surface area contributed by atoms with Crippen LogP contribution in [0.3, 0.4) is 0 Å². The lowest BCUT2D eigenvalue weighted by Crippen LogP contribution is -2.35. The first-order chi connectivity index (χ1) is 30.7. The maximum atomic E-state index is 19.0. The number of halogens is 2. The number of rotatable bonds is 0. The Morgan fingerprint density at radius 1 is 0.705 bits per heavy atom. The first kappa shape index (κ1) is 31.1. The second-order valence-electron chi connectivity index (χ2n) is 20.7. The van der Waals surface area contributed by atoms with Crippen LogP contribution < -0.4 is 0 Å². The van der Waals surface area contributed by atoms with Crippen molar-refractivity contribution < 1.29 is 23.5 Å². The number of para-hydroxylation sites is 1. The number of furan rings is 1. The number of ketones is 1. The molecule has 6 aromatic heterocycles. The van der Waals surface area contributed by atoms with E-state index < -0.39 is 40.6 Å².